The van der Waals surface area contributed by atoms with Crippen LogP contribution in [0.5, 0.6) is 5.75 Å². The topological polar surface area (TPSA) is 94.4 Å². The van der Waals surface area contributed by atoms with Crippen molar-refractivity contribution in [2.45, 2.75) is 39.0 Å². The zero-order valence-electron chi connectivity index (χ0n) is 18.1. The van der Waals surface area contributed by atoms with Crippen molar-refractivity contribution in [3.05, 3.63) is 68.0 Å². The van der Waals surface area contributed by atoms with Crippen LogP contribution in [0.15, 0.2) is 52.3 Å². The van der Waals surface area contributed by atoms with E-state index in [0.717, 1.165) is 15.8 Å². The normalized spacial score (nSPS) is 11.2. The van der Waals surface area contributed by atoms with Gasteiger partial charge in [0.25, 0.3) is 5.69 Å². The fraction of sp³-hybridized carbons (Fsp3) is 0.304. The summed E-state index contributed by atoms with van der Waals surface area (Å²) in [6.07, 6.45) is 0.879. The molecule has 0 saturated carbocycles. The van der Waals surface area contributed by atoms with Gasteiger partial charge in [-0.2, -0.15) is 0 Å². The van der Waals surface area contributed by atoms with E-state index in [1.54, 1.807) is 17.5 Å². The molecule has 0 aliphatic heterocycles. The second-order valence-electron chi connectivity index (χ2n) is 8.24. The second-order valence-corrected chi connectivity index (χ2v) is 9.95. The van der Waals surface area contributed by atoms with Gasteiger partial charge in [0.05, 0.1) is 21.7 Å². The van der Waals surface area contributed by atoms with Gasteiger partial charge in [-0.1, -0.05) is 26.8 Å². The van der Waals surface area contributed by atoms with E-state index in [1.165, 1.54) is 29.0 Å². The average Bonchev–Trinajstić information content (AvgIpc) is 3.19. The number of amides is 1. The number of carbonyl (C=O) groups excluding carboxylic acids is 1. The lowest BCUT2D eigenvalue weighted by molar-refractivity contribution is -0.384. The van der Waals surface area contributed by atoms with E-state index in [-0.39, 0.29) is 17.0 Å². The summed E-state index contributed by atoms with van der Waals surface area (Å²) in [5.74, 6) is 0.617. The number of nitrogens with one attached hydrogen (secondary N) is 1. The maximum absolute atomic E-state index is 12.2. The van der Waals surface area contributed by atoms with Crippen LogP contribution in [0.1, 0.15) is 39.2 Å². The summed E-state index contributed by atoms with van der Waals surface area (Å²) in [7, 11) is 0. The zero-order valence-corrected chi connectivity index (χ0v) is 20.5. The number of nitrogens with zero attached hydrogens (tertiary/aromatic N) is 2. The molecule has 1 amide bonds. The van der Waals surface area contributed by atoms with Gasteiger partial charge in [-0.3, -0.25) is 14.9 Å². The molecule has 0 aliphatic rings. The zero-order chi connectivity index (χ0) is 23.3. The van der Waals surface area contributed by atoms with Gasteiger partial charge >= 0.3 is 0 Å². The molecule has 0 aliphatic carbocycles. The molecule has 0 atom stereocenters. The minimum absolute atomic E-state index is 0.0249. The first-order valence-corrected chi connectivity index (χ1v) is 11.7. The Morgan fingerprint density at radius 2 is 1.94 bits per heavy atom. The van der Waals surface area contributed by atoms with Crippen molar-refractivity contribution < 1.29 is 14.5 Å². The third-order valence-corrected chi connectivity index (χ3v) is 6.11. The number of hydrogen-bond donors (Lipinski definition) is 1. The van der Waals surface area contributed by atoms with Crippen molar-refractivity contribution in [1.82, 2.24) is 4.98 Å². The molecule has 1 heterocycles. The standard InChI is InChI=1S/C23H24BrN3O4S/c1-23(2,3)16-8-11-20(18(24)13-16)31-12-4-5-21(28)26-22-25-19(14-32-22)15-6-9-17(10-7-15)27(29)30/h6-11,13-14H,4-5,12H2,1-3H3,(H,25,26,28). The first kappa shape index (κ1) is 23.9. The Morgan fingerprint density at radius 1 is 1.22 bits per heavy atom. The van der Waals surface area contributed by atoms with E-state index >= 15 is 0 Å². The largest absolute Gasteiger partial charge is 0.492 e. The van der Waals surface area contributed by atoms with Crippen molar-refractivity contribution >= 4 is 44.0 Å². The molecule has 1 aromatic heterocycles. The minimum atomic E-state index is -0.445. The fourth-order valence-corrected chi connectivity index (χ4v) is 4.13. The number of benzene rings is 2. The Bertz CT molecular complexity index is 1110. The van der Waals surface area contributed by atoms with Crippen LogP contribution in [-0.2, 0) is 10.2 Å². The number of nitro groups is 1. The van der Waals surface area contributed by atoms with Crippen LogP contribution in [0.3, 0.4) is 0 Å². The summed E-state index contributed by atoms with van der Waals surface area (Å²) < 4.78 is 6.70. The highest BCUT2D eigenvalue weighted by Gasteiger charge is 2.15. The molecular weight excluding hydrogens is 494 g/mol. The number of non-ortho nitro benzene ring substituents is 1. The summed E-state index contributed by atoms with van der Waals surface area (Å²) in [5, 5.41) is 15.8. The first-order chi connectivity index (χ1) is 15.1. The van der Waals surface area contributed by atoms with Gasteiger partial charge in [0, 0.05) is 29.5 Å². The molecule has 9 heteroatoms. The Labute approximate surface area is 199 Å². The molecule has 7 nitrogen and oxygen atoms in total. The fourth-order valence-electron chi connectivity index (χ4n) is 2.90. The Hall–Kier alpha value is -2.78. The maximum atomic E-state index is 12.2. The number of rotatable bonds is 8. The molecule has 0 spiro atoms. The van der Waals surface area contributed by atoms with Crippen LogP contribution in [-0.4, -0.2) is 22.4 Å². The van der Waals surface area contributed by atoms with Gasteiger partial charge in [-0.05, 0) is 57.6 Å². The molecule has 0 saturated heterocycles. The number of nitro benzene ring substituents is 1. The van der Waals surface area contributed by atoms with Gasteiger partial charge in [0.15, 0.2) is 5.13 Å². The highest BCUT2D eigenvalue weighted by atomic mass is 79.9. The van der Waals surface area contributed by atoms with Crippen molar-refractivity contribution in [1.29, 1.82) is 0 Å². The molecule has 0 unspecified atom stereocenters. The van der Waals surface area contributed by atoms with Crippen LogP contribution in [0.4, 0.5) is 10.8 Å². The lowest BCUT2D eigenvalue weighted by atomic mass is 9.87. The number of carbonyl (C=O) groups is 1. The van der Waals surface area contributed by atoms with E-state index in [9.17, 15) is 14.9 Å². The molecule has 0 fully saturated rings. The molecule has 1 N–H and O–H groups in total. The van der Waals surface area contributed by atoms with Gasteiger partial charge in [-0.15, -0.1) is 11.3 Å². The third kappa shape index (κ3) is 6.37. The Kier molecular flexibility index (Phi) is 7.63. The summed E-state index contributed by atoms with van der Waals surface area (Å²) in [4.78, 5) is 26.9. The summed E-state index contributed by atoms with van der Waals surface area (Å²) >= 11 is 4.86. The summed E-state index contributed by atoms with van der Waals surface area (Å²) in [5.41, 5.74) is 2.72. The van der Waals surface area contributed by atoms with Crippen LogP contribution >= 0.6 is 27.3 Å². The number of aromatic nitrogens is 1. The molecule has 168 valence electrons. The molecule has 0 bridgehead atoms. The highest BCUT2D eigenvalue weighted by molar-refractivity contribution is 9.10. The van der Waals surface area contributed by atoms with E-state index in [2.05, 4.69) is 59.1 Å². The first-order valence-electron chi connectivity index (χ1n) is 10.1. The molecule has 0 radical (unpaired) electrons. The van der Waals surface area contributed by atoms with Gasteiger partial charge in [-0.25, -0.2) is 4.98 Å². The smallest absolute Gasteiger partial charge is 0.269 e. The highest BCUT2D eigenvalue weighted by Crippen LogP contribution is 2.31. The quantitative estimate of drug-likeness (QED) is 0.207. The molecule has 2 aromatic carbocycles. The molecular formula is C23H24BrN3O4S. The van der Waals surface area contributed by atoms with Crippen molar-refractivity contribution in [3.63, 3.8) is 0 Å². The minimum Gasteiger partial charge on any atom is -0.492 e. The predicted molar refractivity (Wildman–Crippen MR) is 130 cm³/mol. The lowest BCUT2D eigenvalue weighted by Gasteiger charge is -2.20. The van der Waals surface area contributed by atoms with Gasteiger partial charge in [0.2, 0.25) is 5.91 Å². The van der Waals surface area contributed by atoms with Crippen LogP contribution in [0.25, 0.3) is 11.3 Å². The van der Waals surface area contributed by atoms with E-state index in [1.807, 2.05) is 6.07 Å². The van der Waals surface area contributed by atoms with E-state index < -0.39 is 4.92 Å². The van der Waals surface area contributed by atoms with Crippen molar-refractivity contribution in [3.8, 4) is 17.0 Å². The van der Waals surface area contributed by atoms with Gasteiger partial charge < -0.3 is 10.1 Å². The van der Waals surface area contributed by atoms with Crippen molar-refractivity contribution in [2.75, 3.05) is 11.9 Å². The predicted octanol–water partition coefficient (Wildman–Crippen LogP) is 6.58. The van der Waals surface area contributed by atoms with Crippen LogP contribution in [0.2, 0.25) is 0 Å². The maximum Gasteiger partial charge on any atom is 0.269 e. The number of hydrogen-bond acceptors (Lipinski definition) is 6. The Morgan fingerprint density at radius 3 is 2.56 bits per heavy atom. The lowest BCUT2D eigenvalue weighted by Crippen LogP contribution is -2.13. The Balaban J connectivity index is 1.46. The molecule has 3 aromatic rings. The number of ether oxygens (including phenoxy) is 1. The van der Waals surface area contributed by atoms with E-state index in [4.69, 9.17) is 4.74 Å². The molecule has 3 rings (SSSR count). The van der Waals surface area contributed by atoms with E-state index in [0.29, 0.717) is 30.3 Å². The second kappa shape index (κ2) is 10.2. The monoisotopic (exact) mass is 517 g/mol. The average molecular weight is 518 g/mol. The molecule has 32 heavy (non-hydrogen) atoms. The summed E-state index contributed by atoms with van der Waals surface area (Å²) in [6.45, 7) is 6.90. The van der Waals surface area contributed by atoms with Crippen LogP contribution in [0, 0.1) is 10.1 Å². The number of thiazole rings is 1. The summed E-state index contributed by atoms with van der Waals surface area (Å²) in [6, 6.07) is 12.2. The van der Waals surface area contributed by atoms with Crippen molar-refractivity contribution in [2.24, 2.45) is 0 Å². The number of anilines is 1. The SMILES string of the molecule is CC(C)(C)c1ccc(OCCCC(=O)Nc2nc(-c3ccc([N+](=O)[O-])cc3)cs2)c(Br)c1. The number of halogens is 1. The van der Waals surface area contributed by atoms with Crippen LogP contribution < -0.4 is 10.1 Å². The van der Waals surface area contributed by atoms with Gasteiger partial charge in [0.1, 0.15) is 5.75 Å². The third-order valence-electron chi connectivity index (χ3n) is 4.73.